The van der Waals surface area contributed by atoms with Gasteiger partial charge in [-0.1, -0.05) is 6.07 Å². The second kappa shape index (κ2) is 6.43. The van der Waals surface area contributed by atoms with Crippen LogP contribution in [0.3, 0.4) is 0 Å². The molecule has 1 heterocycles. The Kier molecular flexibility index (Phi) is 4.63. The Labute approximate surface area is 116 Å². The highest BCUT2D eigenvalue weighted by Crippen LogP contribution is 2.22. The second-order valence-electron chi connectivity index (χ2n) is 4.50. The Morgan fingerprint density at radius 1 is 1.25 bits per heavy atom. The third-order valence-corrected chi connectivity index (χ3v) is 3.04. The summed E-state index contributed by atoms with van der Waals surface area (Å²) < 4.78 is 32.2. The number of aromatic nitrogens is 1. The lowest BCUT2D eigenvalue weighted by molar-refractivity contribution is 0.289. The highest BCUT2D eigenvalue weighted by molar-refractivity contribution is 5.31. The van der Waals surface area contributed by atoms with Gasteiger partial charge in [-0.15, -0.1) is 0 Å². The highest BCUT2D eigenvalue weighted by Gasteiger charge is 2.09. The van der Waals surface area contributed by atoms with Crippen LogP contribution in [-0.2, 0) is 6.61 Å². The molecule has 5 heteroatoms. The lowest BCUT2D eigenvalue weighted by Gasteiger charge is -2.13. The molecule has 0 aliphatic heterocycles. The summed E-state index contributed by atoms with van der Waals surface area (Å²) >= 11 is 0. The molecule has 2 aromatic rings. The molecule has 1 aromatic carbocycles. The summed E-state index contributed by atoms with van der Waals surface area (Å²) in [6, 6.07) is 6.17. The van der Waals surface area contributed by atoms with E-state index in [1.165, 1.54) is 18.3 Å². The minimum atomic E-state index is -0.440. The standard InChI is InChI=1S/C15H16F2N2O/c1-10(18-2)12-3-4-15(14(17)6-12)20-9-11-5-13(16)8-19-7-11/h3-8,10,18H,9H2,1-2H3. The fourth-order valence-electron chi connectivity index (χ4n) is 1.77. The van der Waals surface area contributed by atoms with Crippen LogP contribution in [0.1, 0.15) is 24.1 Å². The van der Waals surface area contributed by atoms with Gasteiger partial charge in [-0.25, -0.2) is 8.78 Å². The predicted molar refractivity (Wildman–Crippen MR) is 72.4 cm³/mol. The molecule has 0 radical (unpaired) electrons. The Hall–Kier alpha value is -2.01. The number of hydrogen-bond acceptors (Lipinski definition) is 3. The summed E-state index contributed by atoms with van der Waals surface area (Å²) in [5, 5.41) is 3.03. The molecule has 0 amide bonds. The average molecular weight is 278 g/mol. The number of ether oxygens (including phenoxy) is 1. The maximum absolute atomic E-state index is 13.9. The average Bonchev–Trinajstić information content (AvgIpc) is 2.45. The van der Waals surface area contributed by atoms with E-state index in [0.717, 1.165) is 11.8 Å². The van der Waals surface area contributed by atoms with Crippen molar-refractivity contribution in [1.82, 2.24) is 10.3 Å². The number of nitrogens with one attached hydrogen (secondary N) is 1. The van der Waals surface area contributed by atoms with Gasteiger partial charge in [-0.05, 0) is 37.7 Å². The van der Waals surface area contributed by atoms with Crippen LogP contribution in [0.25, 0.3) is 0 Å². The first-order valence-electron chi connectivity index (χ1n) is 6.29. The first kappa shape index (κ1) is 14.4. The van der Waals surface area contributed by atoms with Crippen LogP contribution in [0.5, 0.6) is 5.75 Å². The molecule has 0 saturated heterocycles. The van der Waals surface area contributed by atoms with Crippen molar-refractivity contribution >= 4 is 0 Å². The lowest BCUT2D eigenvalue weighted by Crippen LogP contribution is -2.12. The zero-order valence-electron chi connectivity index (χ0n) is 11.4. The highest BCUT2D eigenvalue weighted by atomic mass is 19.1. The largest absolute Gasteiger partial charge is 0.486 e. The fraction of sp³-hybridized carbons (Fsp3) is 0.267. The van der Waals surface area contributed by atoms with Crippen LogP contribution >= 0.6 is 0 Å². The molecule has 20 heavy (non-hydrogen) atoms. The monoisotopic (exact) mass is 278 g/mol. The molecule has 106 valence electrons. The molecule has 1 N–H and O–H groups in total. The Morgan fingerprint density at radius 2 is 2.05 bits per heavy atom. The van der Waals surface area contributed by atoms with E-state index in [-0.39, 0.29) is 18.4 Å². The second-order valence-corrected chi connectivity index (χ2v) is 4.50. The SMILES string of the molecule is CNC(C)c1ccc(OCc2cncc(F)c2)c(F)c1. The molecule has 0 bridgehead atoms. The molecule has 1 atom stereocenters. The van der Waals surface area contributed by atoms with Crippen LogP contribution in [-0.4, -0.2) is 12.0 Å². The molecule has 0 spiro atoms. The van der Waals surface area contributed by atoms with Crippen LogP contribution in [0.15, 0.2) is 36.7 Å². The number of benzene rings is 1. The molecule has 1 unspecified atom stereocenters. The van der Waals surface area contributed by atoms with Gasteiger partial charge in [-0.2, -0.15) is 0 Å². The Morgan fingerprint density at radius 3 is 2.70 bits per heavy atom. The van der Waals surface area contributed by atoms with E-state index in [4.69, 9.17) is 4.74 Å². The molecular formula is C15H16F2N2O. The summed E-state index contributed by atoms with van der Waals surface area (Å²) in [7, 11) is 1.81. The van der Waals surface area contributed by atoms with Crippen molar-refractivity contribution in [1.29, 1.82) is 0 Å². The molecule has 2 rings (SSSR count). The van der Waals surface area contributed by atoms with Gasteiger partial charge in [0.25, 0.3) is 0 Å². The summed E-state index contributed by atoms with van der Waals surface area (Å²) in [4.78, 5) is 3.71. The third-order valence-electron chi connectivity index (χ3n) is 3.04. The van der Waals surface area contributed by atoms with Gasteiger partial charge >= 0.3 is 0 Å². The minimum Gasteiger partial charge on any atom is -0.486 e. The van der Waals surface area contributed by atoms with Crippen LogP contribution < -0.4 is 10.1 Å². The van der Waals surface area contributed by atoms with Crippen molar-refractivity contribution in [3.63, 3.8) is 0 Å². The Balaban J connectivity index is 2.07. The smallest absolute Gasteiger partial charge is 0.165 e. The first-order valence-corrected chi connectivity index (χ1v) is 6.29. The summed E-state index contributed by atoms with van der Waals surface area (Å²) in [6.45, 7) is 2.01. The third kappa shape index (κ3) is 3.51. The summed E-state index contributed by atoms with van der Waals surface area (Å²) in [6.07, 6.45) is 2.59. The Bertz CT molecular complexity index is 590. The number of nitrogens with zero attached hydrogens (tertiary/aromatic N) is 1. The first-order chi connectivity index (χ1) is 9.60. The summed E-state index contributed by atoms with van der Waals surface area (Å²) in [5.74, 6) is -0.736. The fourth-order valence-corrected chi connectivity index (χ4v) is 1.77. The quantitative estimate of drug-likeness (QED) is 0.912. The van der Waals surface area contributed by atoms with Gasteiger partial charge in [0.05, 0.1) is 6.20 Å². The zero-order valence-corrected chi connectivity index (χ0v) is 11.4. The number of hydrogen-bond donors (Lipinski definition) is 1. The van der Waals surface area contributed by atoms with Crippen LogP contribution in [0.4, 0.5) is 8.78 Å². The van der Waals surface area contributed by atoms with Crippen LogP contribution in [0, 0.1) is 11.6 Å². The van der Waals surface area contributed by atoms with Gasteiger partial charge in [0, 0.05) is 17.8 Å². The molecule has 3 nitrogen and oxygen atoms in total. The maximum Gasteiger partial charge on any atom is 0.165 e. The molecule has 0 saturated carbocycles. The van der Waals surface area contributed by atoms with Gasteiger partial charge < -0.3 is 10.1 Å². The van der Waals surface area contributed by atoms with Crippen LogP contribution in [0.2, 0.25) is 0 Å². The number of halogens is 2. The maximum atomic E-state index is 13.9. The van der Waals surface area contributed by atoms with Crippen molar-refractivity contribution in [3.8, 4) is 5.75 Å². The van der Waals surface area contributed by atoms with Gasteiger partial charge in [0.2, 0.25) is 0 Å². The van der Waals surface area contributed by atoms with E-state index in [2.05, 4.69) is 10.3 Å². The van der Waals surface area contributed by atoms with E-state index in [9.17, 15) is 8.78 Å². The number of pyridine rings is 1. The predicted octanol–water partition coefficient (Wildman–Crippen LogP) is 3.22. The van der Waals surface area contributed by atoms with Crippen molar-refractivity contribution in [2.75, 3.05) is 7.05 Å². The van der Waals surface area contributed by atoms with Crippen molar-refractivity contribution in [2.45, 2.75) is 19.6 Å². The van der Waals surface area contributed by atoms with Gasteiger partial charge in [0.15, 0.2) is 11.6 Å². The number of rotatable bonds is 5. The molecule has 0 aliphatic rings. The van der Waals surface area contributed by atoms with Crippen molar-refractivity contribution < 1.29 is 13.5 Å². The van der Waals surface area contributed by atoms with E-state index >= 15 is 0 Å². The molecular weight excluding hydrogens is 262 g/mol. The summed E-state index contributed by atoms with van der Waals surface area (Å²) in [5.41, 5.74) is 1.39. The van der Waals surface area contributed by atoms with E-state index in [1.807, 2.05) is 14.0 Å². The lowest BCUT2D eigenvalue weighted by atomic mass is 10.1. The van der Waals surface area contributed by atoms with E-state index < -0.39 is 11.6 Å². The topological polar surface area (TPSA) is 34.1 Å². The zero-order chi connectivity index (χ0) is 14.5. The van der Waals surface area contributed by atoms with Crippen molar-refractivity contribution in [3.05, 3.63) is 59.4 Å². The minimum absolute atomic E-state index is 0.0611. The normalized spacial score (nSPS) is 12.2. The van der Waals surface area contributed by atoms with Gasteiger partial charge in [0.1, 0.15) is 12.4 Å². The molecule has 0 fully saturated rings. The molecule has 1 aromatic heterocycles. The van der Waals surface area contributed by atoms with E-state index in [1.54, 1.807) is 12.1 Å². The van der Waals surface area contributed by atoms with Gasteiger partial charge in [-0.3, -0.25) is 4.98 Å². The molecule has 0 aliphatic carbocycles. The van der Waals surface area contributed by atoms with Crippen molar-refractivity contribution in [2.24, 2.45) is 0 Å². The van der Waals surface area contributed by atoms with E-state index in [0.29, 0.717) is 5.56 Å².